The van der Waals surface area contributed by atoms with Crippen molar-refractivity contribution in [3.63, 3.8) is 0 Å². The van der Waals surface area contributed by atoms with E-state index < -0.39 is 18.5 Å². The van der Waals surface area contributed by atoms with E-state index in [1.54, 1.807) is 30.3 Å². The number of esters is 1. The van der Waals surface area contributed by atoms with Crippen LogP contribution in [0.3, 0.4) is 0 Å². The van der Waals surface area contributed by atoms with Crippen LogP contribution in [0.4, 0.5) is 5.69 Å². The van der Waals surface area contributed by atoms with Gasteiger partial charge in [0, 0.05) is 16.5 Å². The highest BCUT2D eigenvalue weighted by atomic mass is 16.5. The second-order valence-corrected chi connectivity index (χ2v) is 6.86. The molecule has 0 saturated heterocycles. The molecule has 3 rings (SSSR count). The summed E-state index contributed by atoms with van der Waals surface area (Å²) in [6, 6.07) is 15.2. The number of aromatic hydroxyl groups is 2. The monoisotopic (exact) mass is 393 g/mol. The zero-order valence-corrected chi connectivity index (χ0v) is 16.3. The van der Waals surface area contributed by atoms with E-state index in [0.717, 1.165) is 18.1 Å². The summed E-state index contributed by atoms with van der Waals surface area (Å²) in [6.45, 7) is 3.62. The predicted molar refractivity (Wildman–Crippen MR) is 111 cm³/mol. The van der Waals surface area contributed by atoms with Crippen molar-refractivity contribution in [3.05, 3.63) is 65.7 Å². The number of nitrogens with one attached hydrogen (secondary N) is 1. The normalized spacial score (nSPS) is 11.8. The highest BCUT2D eigenvalue weighted by molar-refractivity contribution is 6.04. The molecule has 0 spiro atoms. The van der Waals surface area contributed by atoms with Crippen molar-refractivity contribution in [2.24, 2.45) is 0 Å². The van der Waals surface area contributed by atoms with E-state index in [1.807, 2.05) is 18.2 Å². The molecule has 150 valence electrons. The van der Waals surface area contributed by atoms with Crippen molar-refractivity contribution in [1.82, 2.24) is 0 Å². The number of carbonyl (C=O) groups excluding carboxylic acids is 2. The fraction of sp³-hybridized carbons (Fsp3) is 0.217. The first-order valence-corrected chi connectivity index (χ1v) is 9.42. The summed E-state index contributed by atoms with van der Waals surface area (Å²) in [5.74, 6) is -1.57. The van der Waals surface area contributed by atoms with Gasteiger partial charge in [0.2, 0.25) is 0 Å². The van der Waals surface area contributed by atoms with Gasteiger partial charge in [0.15, 0.2) is 6.61 Å². The quantitative estimate of drug-likeness (QED) is 0.421. The number of rotatable bonds is 6. The molecule has 29 heavy (non-hydrogen) atoms. The number of anilines is 1. The van der Waals surface area contributed by atoms with E-state index in [2.05, 4.69) is 19.2 Å². The summed E-state index contributed by atoms with van der Waals surface area (Å²) in [4.78, 5) is 24.6. The molecule has 0 aromatic heterocycles. The van der Waals surface area contributed by atoms with Crippen LogP contribution in [0.1, 0.15) is 42.1 Å². The summed E-state index contributed by atoms with van der Waals surface area (Å²) >= 11 is 0. The third-order valence-corrected chi connectivity index (χ3v) is 4.93. The van der Waals surface area contributed by atoms with Crippen LogP contribution >= 0.6 is 0 Å². The van der Waals surface area contributed by atoms with Crippen molar-refractivity contribution < 1.29 is 24.5 Å². The van der Waals surface area contributed by atoms with E-state index in [4.69, 9.17) is 4.74 Å². The van der Waals surface area contributed by atoms with Crippen LogP contribution in [0.15, 0.2) is 54.6 Å². The van der Waals surface area contributed by atoms with Gasteiger partial charge in [0.05, 0.1) is 0 Å². The smallest absolute Gasteiger partial charge is 0.342 e. The van der Waals surface area contributed by atoms with Crippen LogP contribution in [0.5, 0.6) is 11.5 Å². The van der Waals surface area contributed by atoms with Gasteiger partial charge in [-0.2, -0.15) is 0 Å². The Morgan fingerprint density at radius 2 is 1.69 bits per heavy atom. The molecule has 6 nitrogen and oxygen atoms in total. The first-order valence-electron chi connectivity index (χ1n) is 9.42. The van der Waals surface area contributed by atoms with Crippen LogP contribution in [0.25, 0.3) is 10.8 Å². The molecule has 1 atom stereocenters. The Balaban J connectivity index is 1.71. The average Bonchev–Trinajstić information content (AvgIpc) is 2.74. The van der Waals surface area contributed by atoms with Crippen LogP contribution in [-0.2, 0) is 9.53 Å². The molecule has 3 N–H and O–H groups in total. The lowest BCUT2D eigenvalue weighted by molar-refractivity contribution is -0.119. The SMILES string of the molecule is CC[C@@H](C)c1ccccc1NC(=O)COC(=O)c1cc(O)c2ccccc2c1O. The number of hydrogen-bond acceptors (Lipinski definition) is 5. The molecule has 0 aliphatic heterocycles. The maximum Gasteiger partial charge on any atom is 0.342 e. The Morgan fingerprint density at radius 3 is 2.41 bits per heavy atom. The average molecular weight is 393 g/mol. The largest absolute Gasteiger partial charge is 0.507 e. The van der Waals surface area contributed by atoms with Gasteiger partial charge in [-0.05, 0) is 30.0 Å². The van der Waals surface area contributed by atoms with Gasteiger partial charge in [-0.15, -0.1) is 0 Å². The van der Waals surface area contributed by atoms with E-state index in [0.29, 0.717) is 16.5 Å². The van der Waals surface area contributed by atoms with Gasteiger partial charge in [-0.1, -0.05) is 56.3 Å². The van der Waals surface area contributed by atoms with Crippen molar-refractivity contribution in [1.29, 1.82) is 0 Å². The molecule has 0 unspecified atom stereocenters. The minimum absolute atomic E-state index is 0.155. The Labute approximate surface area is 168 Å². The van der Waals surface area contributed by atoms with Crippen molar-refractivity contribution in [2.75, 3.05) is 11.9 Å². The Hall–Kier alpha value is -3.54. The molecular weight excluding hydrogens is 370 g/mol. The molecule has 0 bridgehead atoms. The topological polar surface area (TPSA) is 95.9 Å². The molecule has 3 aromatic carbocycles. The van der Waals surface area contributed by atoms with Gasteiger partial charge < -0.3 is 20.3 Å². The lowest BCUT2D eigenvalue weighted by Gasteiger charge is -2.15. The van der Waals surface area contributed by atoms with Crippen LogP contribution < -0.4 is 5.32 Å². The molecule has 3 aromatic rings. The van der Waals surface area contributed by atoms with E-state index >= 15 is 0 Å². The van der Waals surface area contributed by atoms with Gasteiger partial charge in [0.25, 0.3) is 5.91 Å². The highest BCUT2D eigenvalue weighted by Crippen LogP contribution is 2.35. The van der Waals surface area contributed by atoms with Crippen LogP contribution in [-0.4, -0.2) is 28.7 Å². The number of ether oxygens (including phenoxy) is 1. The minimum Gasteiger partial charge on any atom is -0.507 e. The van der Waals surface area contributed by atoms with Gasteiger partial charge in [0.1, 0.15) is 17.1 Å². The number of hydrogen-bond donors (Lipinski definition) is 3. The maximum absolute atomic E-state index is 12.4. The van der Waals surface area contributed by atoms with Crippen molar-refractivity contribution in [2.45, 2.75) is 26.2 Å². The fourth-order valence-electron chi connectivity index (χ4n) is 3.15. The fourth-order valence-corrected chi connectivity index (χ4v) is 3.15. The molecule has 0 aliphatic rings. The van der Waals surface area contributed by atoms with Crippen molar-refractivity contribution >= 4 is 28.3 Å². The molecule has 1 amide bonds. The first kappa shape index (κ1) is 20.2. The third kappa shape index (κ3) is 4.32. The van der Waals surface area contributed by atoms with Gasteiger partial charge in [-0.3, -0.25) is 4.79 Å². The minimum atomic E-state index is -0.895. The summed E-state index contributed by atoms with van der Waals surface area (Å²) < 4.78 is 5.05. The summed E-state index contributed by atoms with van der Waals surface area (Å²) in [5, 5.41) is 24.0. The van der Waals surface area contributed by atoms with Gasteiger partial charge >= 0.3 is 5.97 Å². The van der Waals surface area contributed by atoms with E-state index in [9.17, 15) is 19.8 Å². The zero-order chi connectivity index (χ0) is 21.0. The molecule has 0 heterocycles. The van der Waals surface area contributed by atoms with Crippen LogP contribution in [0, 0.1) is 0 Å². The number of carbonyl (C=O) groups is 2. The molecule has 0 aliphatic carbocycles. The van der Waals surface area contributed by atoms with Crippen molar-refractivity contribution in [3.8, 4) is 11.5 Å². The second-order valence-electron chi connectivity index (χ2n) is 6.86. The summed E-state index contributed by atoms with van der Waals surface area (Å²) in [7, 11) is 0. The first-order chi connectivity index (χ1) is 13.9. The van der Waals surface area contributed by atoms with E-state index in [1.165, 1.54) is 0 Å². The molecule has 0 saturated carbocycles. The number of phenols is 2. The number of para-hydroxylation sites is 1. The predicted octanol–water partition coefficient (Wildman–Crippen LogP) is 4.56. The second kappa shape index (κ2) is 8.65. The maximum atomic E-state index is 12.4. The Kier molecular flexibility index (Phi) is 6.02. The molecule has 0 fully saturated rings. The number of amides is 1. The van der Waals surface area contributed by atoms with Crippen LogP contribution in [0.2, 0.25) is 0 Å². The molecular formula is C23H23NO5. The highest BCUT2D eigenvalue weighted by Gasteiger charge is 2.19. The number of fused-ring (bicyclic) bond motifs is 1. The third-order valence-electron chi connectivity index (χ3n) is 4.93. The zero-order valence-electron chi connectivity index (χ0n) is 16.3. The molecule has 0 radical (unpaired) electrons. The lowest BCUT2D eigenvalue weighted by Crippen LogP contribution is -2.21. The Morgan fingerprint density at radius 1 is 1.03 bits per heavy atom. The van der Waals surface area contributed by atoms with Gasteiger partial charge in [-0.25, -0.2) is 4.79 Å². The molecule has 6 heteroatoms. The number of benzene rings is 3. The van der Waals surface area contributed by atoms with E-state index in [-0.39, 0.29) is 23.0 Å². The summed E-state index contributed by atoms with van der Waals surface area (Å²) in [5.41, 5.74) is 1.48. The summed E-state index contributed by atoms with van der Waals surface area (Å²) in [6.07, 6.45) is 0.923. The number of phenolic OH excluding ortho intramolecular Hbond substituents is 2. The lowest BCUT2D eigenvalue weighted by atomic mass is 9.97. The Bertz CT molecular complexity index is 1060. The standard InChI is InChI=1S/C23H23NO5/c1-3-14(2)15-8-6-7-11-19(15)24-21(26)13-29-23(28)18-12-20(25)16-9-4-5-10-17(16)22(18)27/h4-12,14,25,27H,3,13H2,1-2H3,(H,24,26)/t14-/m1/s1.